The molecule has 3 heteroatoms. The molecule has 0 heterocycles. The zero-order chi connectivity index (χ0) is 14.4. The number of benzene rings is 2. The van der Waals surface area contributed by atoms with E-state index in [1.807, 2.05) is 60.7 Å². The summed E-state index contributed by atoms with van der Waals surface area (Å²) < 4.78 is 5.05. The molecular formula is C17H17NO2. The highest BCUT2D eigenvalue weighted by Crippen LogP contribution is 2.29. The van der Waals surface area contributed by atoms with Gasteiger partial charge in [-0.1, -0.05) is 43.0 Å². The topological polar surface area (TPSA) is 29.5 Å². The summed E-state index contributed by atoms with van der Waals surface area (Å²) in [5.74, 6) is -0.416. The Kier molecular flexibility index (Phi) is 4.56. The summed E-state index contributed by atoms with van der Waals surface area (Å²) in [6.07, 6.45) is 0. The molecule has 102 valence electrons. The van der Waals surface area contributed by atoms with Gasteiger partial charge in [0.15, 0.2) is 0 Å². The second-order valence-electron chi connectivity index (χ2n) is 4.17. The van der Waals surface area contributed by atoms with E-state index in [2.05, 4.69) is 6.58 Å². The number of esters is 1. The van der Waals surface area contributed by atoms with E-state index in [-0.39, 0.29) is 0 Å². The lowest BCUT2D eigenvalue weighted by molar-refractivity contribution is -0.138. The van der Waals surface area contributed by atoms with E-state index in [0.717, 1.165) is 11.4 Å². The first-order chi connectivity index (χ1) is 9.74. The molecule has 2 aromatic rings. The fraction of sp³-hybridized carbons (Fsp3) is 0.118. The fourth-order valence-electron chi connectivity index (χ4n) is 1.92. The number of hydrogen-bond acceptors (Lipinski definition) is 3. The van der Waals surface area contributed by atoms with E-state index in [4.69, 9.17) is 4.74 Å². The van der Waals surface area contributed by atoms with Crippen molar-refractivity contribution in [1.29, 1.82) is 0 Å². The Morgan fingerprint density at radius 1 is 1.00 bits per heavy atom. The maximum absolute atomic E-state index is 12.0. The number of nitrogens with zero attached hydrogens (tertiary/aromatic N) is 1. The van der Waals surface area contributed by atoms with Crippen molar-refractivity contribution in [3.8, 4) is 0 Å². The van der Waals surface area contributed by atoms with Crippen molar-refractivity contribution in [3.05, 3.63) is 72.9 Å². The van der Waals surface area contributed by atoms with Crippen LogP contribution in [-0.2, 0) is 9.53 Å². The van der Waals surface area contributed by atoms with Crippen LogP contribution in [0.5, 0.6) is 0 Å². The zero-order valence-electron chi connectivity index (χ0n) is 11.5. The number of carbonyl (C=O) groups is 1. The van der Waals surface area contributed by atoms with Gasteiger partial charge in [0.25, 0.3) is 0 Å². The lowest BCUT2D eigenvalue weighted by Crippen LogP contribution is -2.23. The molecule has 0 aliphatic heterocycles. The summed E-state index contributed by atoms with van der Waals surface area (Å²) in [6.45, 7) is 5.98. The van der Waals surface area contributed by atoms with Crippen LogP contribution in [0.4, 0.5) is 11.4 Å². The molecule has 2 rings (SSSR count). The van der Waals surface area contributed by atoms with E-state index in [1.54, 1.807) is 11.8 Å². The van der Waals surface area contributed by atoms with Gasteiger partial charge in [-0.3, -0.25) is 0 Å². The zero-order valence-corrected chi connectivity index (χ0v) is 11.5. The molecular weight excluding hydrogens is 250 g/mol. The number of anilines is 2. The van der Waals surface area contributed by atoms with Crippen LogP contribution in [0.1, 0.15) is 6.92 Å². The van der Waals surface area contributed by atoms with Gasteiger partial charge in [-0.05, 0) is 31.2 Å². The van der Waals surface area contributed by atoms with Crippen LogP contribution in [0.2, 0.25) is 0 Å². The Morgan fingerprint density at radius 3 is 1.85 bits per heavy atom. The molecule has 0 radical (unpaired) electrons. The second-order valence-corrected chi connectivity index (χ2v) is 4.17. The Labute approximate surface area is 119 Å². The summed E-state index contributed by atoms with van der Waals surface area (Å²) in [4.78, 5) is 13.8. The van der Waals surface area contributed by atoms with Gasteiger partial charge < -0.3 is 9.64 Å². The maximum Gasteiger partial charge on any atom is 0.354 e. The minimum atomic E-state index is -0.416. The highest BCUT2D eigenvalue weighted by atomic mass is 16.5. The Balaban J connectivity index is 2.40. The lowest BCUT2D eigenvalue weighted by Gasteiger charge is -2.25. The third kappa shape index (κ3) is 3.06. The fourth-order valence-corrected chi connectivity index (χ4v) is 1.92. The summed E-state index contributed by atoms with van der Waals surface area (Å²) in [5.41, 5.74) is 2.04. The van der Waals surface area contributed by atoms with Gasteiger partial charge in [-0.2, -0.15) is 0 Å². The molecule has 0 aromatic heterocycles. The first-order valence-corrected chi connectivity index (χ1v) is 6.50. The van der Waals surface area contributed by atoms with Crippen molar-refractivity contribution in [2.75, 3.05) is 11.5 Å². The van der Waals surface area contributed by atoms with Crippen molar-refractivity contribution < 1.29 is 9.53 Å². The van der Waals surface area contributed by atoms with Crippen LogP contribution in [0, 0.1) is 0 Å². The van der Waals surface area contributed by atoms with Gasteiger partial charge >= 0.3 is 5.97 Å². The standard InChI is InChI=1S/C17H17NO2/c1-3-20-17(19)14(2)18(15-10-6-4-7-11-15)16-12-8-5-9-13-16/h4-13H,2-3H2,1H3. The largest absolute Gasteiger partial charge is 0.461 e. The van der Waals surface area contributed by atoms with Crippen LogP contribution in [-0.4, -0.2) is 12.6 Å². The minimum Gasteiger partial charge on any atom is -0.461 e. The van der Waals surface area contributed by atoms with E-state index in [0.29, 0.717) is 12.3 Å². The number of carbonyl (C=O) groups excluding carboxylic acids is 1. The Bertz CT molecular complexity index is 539. The van der Waals surface area contributed by atoms with E-state index >= 15 is 0 Å². The normalized spacial score (nSPS) is 9.85. The third-order valence-corrected chi connectivity index (χ3v) is 2.81. The Morgan fingerprint density at radius 2 is 1.45 bits per heavy atom. The van der Waals surface area contributed by atoms with E-state index < -0.39 is 5.97 Å². The summed E-state index contributed by atoms with van der Waals surface area (Å²) in [6, 6.07) is 19.3. The van der Waals surface area contributed by atoms with Crippen molar-refractivity contribution >= 4 is 17.3 Å². The lowest BCUT2D eigenvalue weighted by atomic mass is 10.2. The van der Waals surface area contributed by atoms with Crippen LogP contribution in [0.25, 0.3) is 0 Å². The smallest absolute Gasteiger partial charge is 0.354 e. The van der Waals surface area contributed by atoms with Gasteiger partial charge in [0.05, 0.1) is 6.61 Å². The molecule has 0 saturated heterocycles. The molecule has 0 aliphatic rings. The average Bonchev–Trinajstić information content (AvgIpc) is 2.50. The molecule has 0 saturated carbocycles. The molecule has 0 N–H and O–H groups in total. The van der Waals surface area contributed by atoms with Gasteiger partial charge in [0.2, 0.25) is 0 Å². The molecule has 0 unspecified atom stereocenters. The van der Waals surface area contributed by atoms with Gasteiger partial charge in [-0.15, -0.1) is 0 Å². The second kappa shape index (κ2) is 6.57. The molecule has 0 aliphatic carbocycles. The number of hydrogen-bond donors (Lipinski definition) is 0. The van der Waals surface area contributed by atoms with E-state index in [1.165, 1.54) is 0 Å². The molecule has 0 amide bonds. The van der Waals surface area contributed by atoms with Gasteiger partial charge in [0.1, 0.15) is 5.70 Å². The molecule has 20 heavy (non-hydrogen) atoms. The van der Waals surface area contributed by atoms with Crippen molar-refractivity contribution in [1.82, 2.24) is 0 Å². The van der Waals surface area contributed by atoms with Gasteiger partial charge in [-0.25, -0.2) is 4.79 Å². The SMILES string of the molecule is C=C(C(=O)OCC)N(c1ccccc1)c1ccccc1. The van der Waals surface area contributed by atoms with Crippen molar-refractivity contribution in [2.24, 2.45) is 0 Å². The molecule has 0 bridgehead atoms. The number of para-hydroxylation sites is 2. The van der Waals surface area contributed by atoms with Crippen molar-refractivity contribution in [2.45, 2.75) is 6.92 Å². The van der Waals surface area contributed by atoms with Crippen LogP contribution < -0.4 is 4.90 Å². The van der Waals surface area contributed by atoms with E-state index in [9.17, 15) is 4.79 Å². The molecule has 3 nitrogen and oxygen atoms in total. The maximum atomic E-state index is 12.0. The minimum absolute atomic E-state index is 0.296. The third-order valence-electron chi connectivity index (χ3n) is 2.81. The van der Waals surface area contributed by atoms with Crippen molar-refractivity contribution in [3.63, 3.8) is 0 Å². The van der Waals surface area contributed by atoms with Crippen LogP contribution in [0.3, 0.4) is 0 Å². The highest BCUT2D eigenvalue weighted by Gasteiger charge is 2.19. The molecule has 0 spiro atoms. The summed E-state index contributed by atoms with van der Waals surface area (Å²) in [5, 5.41) is 0. The molecule has 0 atom stereocenters. The van der Waals surface area contributed by atoms with Gasteiger partial charge in [0, 0.05) is 11.4 Å². The highest BCUT2D eigenvalue weighted by molar-refractivity contribution is 5.95. The first kappa shape index (κ1) is 13.9. The first-order valence-electron chi connectivity index (χ1n) is 6.50. The average molecular weight is 267 g/mol. The molecule has 0 fully saturated rings. The number of ether oxygens (including phenoxy) is 1. The monoisotopic (exact) mass is 267 g/mol. The van der Waals surface area contributed by atoms with Crippen LogP contribution in [0.15, 0.2) is 72.9 Å². The quantitative estimate of drug-likeness (QED) is 0.608. The molecule has 2 aromatic carbocycles. The Hall–Kier alpha value is -2.55. The predicted molar refractivity (Wildman–Crippen MR) is 80.8 cm³/mol. The summed E-state index contributed by atoms with van der Waals surface area (Å²) in [7, 11) is 0. The summed E-state index contributed by atoms with van der Waals surface area (Å²) >= 11 is 0. The number of rotatable bonds is 5. The van der Waals surface area contributed by atoms with Crippen LogP contribution >= 0.6 is 0 Å². The predicted octanol–water partition coefficient (Wildman–Crippen LogP) is 3.90.